The second-order valence-electron chi connectivity index (χ2n) is 8.38. The Morgan fingerprint density at radius 1 is 1.35 bits per heavy atom. The van der Waals surface area contributed by atoms with Crippen LogP contribution in [0.1, 0.15) is 66.2 Å². The minimum Gasteiger partial charge on any atom is -0.478 e. The molecule has 3 nitrogen and oxygen atoms in total. The maximum Gasteiger partial charge on any atom is 0.328 e. The smallest absolute Gasteiger partial charge is 0.328 e. The summed E-state index contributed by atoms with van der Waals surface area (Å²) < 4.78 is 0. The number of carboxylic acid groups (broad SMARTS) is 1. The molecule has 2 rings (SSSR count). The van der Waals surface area contributed by atoms with Gasteiger partial charge in [0.1, 0.15) is 6.29 Å². The second kappa shape index (κ2) is 6.62. The highest BCUT2D eigenvalue weighted by Gasteiger charge is 2.52. The molecule has 2 aliphatic carbocycles. The number of hydrogen-bond acceptors (Lipinski definition) is 2. The van der Waals surface area contributed by atoms with Crippen molar-refractivity contribution < 1.29 is 14.7 Å². The number of aliphatic carboxylic acids is 1. The van der Waals surface area contributed by atoms with Crippen molar-refractivity contribution in [1.29, 1.82) is 0 Å². The molecule has 0 aromatic carbocycles. The molecule has 0 unspecified atom stereocenters. The van der Waals surface area contributed by atoms with Crippen LogP contribution in [0.4, 0.5) is 0 Å². The summed E-state index contributed by atoms with van der Waals surface area (Å²) in [4.78, 5) is 22.4. The van der Waals surface area contributed by atoms with Crippen LogP contribution in [0.25, 0.3) is 0 Å². The molecule has 128 valence electrons. The Morgan fingerprint density at radius 2 is 2.04 bits per heavy atom. The van der Waals surface area contributed by atoms with Gasteiger partial charge in [-0.3, -0.25) is 4.79 Å². The van der Waals surface area contributed by atoms with Crippen LogP contribution in [0, 0.1) is 22.7 Å². The average Bonchev–Trinajstić information content (AvgIpc) is 2.43. The zero-order valence-corrected chi connectivity index (χ0v) is 14.9. The second-order valence-corrected chi connectivity index (χ2v) is 8.38. The fourth-order valence-electron chi connectivity index (χ4n) is 5.23. The normalized spacial score (nSPS) is 33.6. The first-order valence-corrected chi connectivity index (χ1v) is 8.76. The molecule has 0 bridgehead atoms. The summed E-state index contributed by atoms with van der Waals surface area (Å²) in [6, 6.07) is 0. The minimum absolute atomic E-state index is 0.149. The van der Waals surface area contributed by atoms with Gasteiger partial charge in [-0.2, -0.15) is 0 Å². The largest absolute Gasteiger partial charge is 0.478 e. The molecule has 0 radical (unpaired) electrons. The number of fused-ring (bicyclic) bond motifs is 1. The Morgan fingerprint density at radius 3 is 2.65 bits per heavy atom. The predicted molar refractivity (Wildman–Crippen MR) is 92.1 cm³/mol. The standard InChI is InChI=1S/C20H30O3/c1-14(12-18(22)23)6-8-16-15(13-21)7-9-17-19(2,3)10-5-11-20(16,17)4/h7,12-13,16-17H,5-6,8-11H2,1-4H3,(H,22,23)/t16-,17-,20+/m0/s1. The Kier molecular flexibility index (Phi) is 5.17. The van der Waals surface area contributed by atoms with Gasteiger partial charge in [0.15, 0.2) is 0 Å². The zero-order valence-electron chi connectivity index (χ0n) is 14.9. The monoisotopic (exact) mass is 318 g/mol. The molecule has 0 aromatic heterocycles. The van der Waals surface area contributed by atoms with Gasteiger partial charge in [0.2, 0.25) is 0 Å². The molecule has 0 saturated heterocycles. The van der Waals surface area contributed by atoms with Crippen LogP contribution in [0.2, 0.25) is 0 Å². The van der Waals surface area contributed by atoms with Gasteiger partial charge < -0.3 is 5.11 Å². The number of carbonyl (C=O) groups excluding carboxylic acids is 1. The van der Waals surface area contributed by atoms with Crippen molar-refractivity contribution in [2.75, 3.05) is 0 Å². The van der Waals surface area contributed by atoms with Gasteiger partial charge in [0.25, 0.3) is 0 Å². The molecule has 23 heavy (non-hydrogen) atoms. The average molecular weight is 318 g/mol. The summed E-state index contributed by atoms with van der Waals surface area (Å²) in [5.74, 6) is -0.0446. The van der Waals surface area contributed by atoms with Gasteiger partial charge in [-0.05, 0) is 67.3 Å². The van der Waals surface area contributed by atoms with E-state index in [1.165, 1.54) is 25.3 Å². The van der Waals surface area contributed by atoms with Crippen LogP contribution in [0.3, 0.4) is 0 Å². The molecule has 0 aromatic rings. The third-order valence-electron chi connectivity index (χ3n) is 6.40. The number of hydrogen-bond donors (Lipinski definition) is 1. The zero-order chi connectivity index (χ0) is 17.3. The number of rotatable bonds is 5. The van der Waals surface area contributed by atoms with Crippen molar-refractivity contribution in [3.63, 3.8) is 0 Å². The van der Waals surface area contributed by atoms with Gasteiger partial charge in [-0.15, -0.1) is 0 Å². The molecule has 0 spiro atoms. The van der Waals surface area contributed by atoms with Gasteiger partial charge in [0, 0.05) is 6.08 Å². The van der Waals surface area contributed by atoms with E-state index in [9.17, 15) is 9.59 Å². The SMILES string of the molecule is CC(=CC(=O)O)CC[C@H]1C(C=O)=CC[C@H]2C(C)(C)CCC[C@]12C. The van der Waals surface area contributed by atoms with E-state index in [4.69, 9.17) is 5.11 Å². The first-order chi connectivity index (χ1) is 10.7. The summed E-state index contributed by atoms with van der Waals surface area (Å²) in [6.07, 6.45) is 10.7. The molecule has 0 aliphatic heterocycles. The van der Waals surface area contributed by atoms with Crippen molar-refractivity contribution in [2.45, 2.75) is 66.2 Å². The lowest BCUT2D eigenvalue weighted by atomic mass is 9.48. The topological polar surface area (TPSA) is 54.4 Å². The molecule has 2 aliphatic rings. The van der Waals surface area contributed by atoms with E-state index in [0.29, 0.717) is 11.3 Å². The number of allylic oxidation sites excluding steroid dienone is 3. The molecular weight excluding hydrogens is 288 g/mol. The Balaban J connectivity index is 2.26. The summed E-state index contributed by atoms with van der Waals surface area (Å²) in [7, 11) is 0. The van der Waals surface area contributed by atoms with E-state index in [2.05, 4.69) is 26.8 Å². The van der Waals surface area contributed by atoms with Crippen LogP contribution in [0.5, 0.6) is 0 Å². The molecule has 1 N–H and O–H groups in total. The molecular formula is C20H30O3. The molecule has 0 heterocycles. The first-order valence-electron chi connectivity index (χ1n) is 8.76. The first kappa shape index (κ1) is 18.0. The predicted octanol–water partition coefficient (Wildman–Crippen LogP) is 4.78. The molecule has 3 heteroatoms. The molecule has 0 amide bonds. The molecule has 1 saturated carbocycles. The lowest BCUT2D eigenvalue weighted by Crippen LogP contribution is -2.48. The van der Waals surface area contributed by atoms with Crippen LogP contribution < -0.4 is 0 Å². The third kappa shape index (κ3) is 3.59. The van der Waals surface area contributed by atoms with Crippen molar-refractivity contribution in [3.8, 4) is 0 Å². The van der Waals surface area contributed by atoms with Gasteiger partial charge in [0.05, 0.1) is 0 Å². The van der Waals surface area contributed by atoms with E-state index in [1.807, 2.05) is 6.92 Å². The van der Waals surface area contributed by atoms with Crippen LogP contribution in [0.15, 0.2) is 23.3 Å². The van der Waals surface area contributed by atoms with Gasteiger partial charge in [-0.1, -0.05) is 38.8 Å². The van der Waals surface area contributed by atoms with Crippen LogP contribution in [-0.2, 0) is 9.59 Å². The third-order valence-corrected chi connectivity index (χ3v) is 6.40. The quantitative estimate of drug-likeness (QED) is 0.586. The van der Waals surface area contributed by atoms with E-state index in [0.717, 1.165) is 36.7 Å². The Labute approximate surface area is 139 Å². The summed E-state index contributed by atoms with van der Waals surface area (Å²) in [5, 5.41) is 8.88. The minimum atomic E-state index is -0.889. The highest BCUT2D eigenvalue weighted by atomic mass is 16.4. The Hall–Kier alpha value is -1.38. The van der Waals surface area contributed by atoms with Crippen molar-refractivity contribution in [1.82, 2.24) is 0 Å². The maximum absolute atomic E-state index is 11.6. The summed E-state index contributed by atoms with van der Waals surface area (Å²) >= 11 is 0. The number of aldehydes is 1. The van der Waals surface area contributed by atoms with E-state index in [1.54, 1.807) is 0 Å². The van der Waals surface area contributed by atoms with E-state index < -0.39 is 5.97 Å². The Bertz CT molecular complexity index is 541. The highest BCUT2D eigenvalue weighted by molar-refractivity contribution is 5.80. The van der Waals surface area contributed by atoms with Crippen LogP contribution in [-0.4, -0.2) is 17.4 Å². The van der Waals surface area contributed by atoms with Crippen molar-refractivity contribution >= 4 is 12.3 Å². The van der Waals surface area contributed by atoms with Crippen molar-refractivity contribution in [3.05, 3.63) is 23.3 Å². The van der Waals surface area contributed by atoms with Gasteiger partial charge in [-0.25, -0.2) is 4.79 Å². The molecule has 1 fully saturated rings. The van der Waals surface area contributed by atoms with Gasteiger partial charge >= 0.3 is 5.97 Å². The molecule has 3 atom stereocenters. The van der Waals surface area contributed by atoms with E-state index >= 15 is 0 Å². The number of carboxylic acids is 1. The van der Waals surface area contributed by atoms with Crippen LogP contribution >= 0.6 is 0 Å². The summed E-state index contributed by atoms with van der Waals surface area (Å²) in [6.45, 7) is 8.95. The number of carbonyl (C=O) groups is 2. The maximum atomic E-state index is 11.6. The highest BCUT2D eigenvalue weighted by Crippen LogP contribution is 2.60. The summed E-state index contributed by atoms with van der Waals surface area (Å²) in [5.41, 5.74) is 2.27. The fraction of sp³-hybridized carbons (Fsp3) is 0.700. The fourth-order valence-corrected chi connectivity index (χ4v) is 5.23. The lowest BCUT2D eigenvalue weighted by Gasteiger charge is -2.56. The lowest BCUT2D eigenvalue weighted by molar-refractivity contribution is -0.131. The van der Waals surface area contributed by atoms with E-state index in [-0.39, 0.29) is 11.3 Å². The van der Waals surface area contributed by atoms with Crippen molar-refractivity contribution in [2.24, 2.45) is 22.7 Å².